The van der Waals surface area contributed by atoms with E-state index in [1.165, 1.54) is 11.1 Å². The molecule has 3 heteroatoms. The molecule has 2 aromatic heterocycles. The lowest BCUT2D eigenvalue weighted by Gasteiger charge is -2.10. The van der Waals surface area contributed by atoms with Crippen molar-refractivity contribution in [3.05, 3.63) is 83.2 Å². The lowest BCUT2D eigenvalue weighted by Crippen LogP contribution is -2.07. The first kappa shape index (κ1) is 13.7. The molecule has 3 nitrogen and oxygen atoms in total. The maximum atomic E-state index is 12.9. The van der Waals surface area contributed by atoms with E-state index in [0.717, 1.165) is 16.6 Å². The quantitative estimate of drug-likeness (QED) is 0.516. The van der Waals surface area contributed by atoms with Crippen LogP contribution in [-0.2, 0) is 0 Å². The van der Waals surface area contributed by atoms with Crippen molar-refractivity contribution in [2.24, 2.45) is 0 Å². The molecule has 0 radical (unpaired) electrons. The second-order valence-electron chi connectivity index (χ2n) is 5.84. The van der Waals surface area contributed by atoms with Crippen molar-refractivity contribution in [3.8, 4) is 0 Å². The highest BCUT2D eigenvalue weighted by molar-refractivity contribution is 6.12. The van der Waals surface area contributed by atoms with E-state index < -0.39 is 0 Å². The minimum Gasteiger partial charge on any atom is -0.313 e. The SMILES string of the molecule is Cc1cc2nc(C(=O)c3ccccc3)c3cccn3c2cc1C. The Morgan fingerprint density at radius 3 is 2.43 bits per heavy atom. The molecular weight excluding hydrogens is 284 g/mol. The zero-order valence-electron chi connectivity index (χ0n) is 13.1. The van der Waals surface area contributed by atoms with Gasteiger partial charge in [-0.05, 0) is 49.2 Å². The van der Waals surface area contributed by atoms with Gasteiger partial charge in [-0.2, -0.15) is 0 Å². The molecule has 4 rings (SSSR count). The zero-order chi connectivity index (χ0) is 16.0. The Morgan fingerprint density at radius 2 is 1.65 bits per heavy atom. The molecule has 112 valence electrons. The van der Waals surface area contributed by atoms with Crippen LogP contribution in [0.15, 0.2) is 60.8 Å². The lowest BCUT2D eigenvalue weighted by molar-refractivity contribution is 0.103. The zero-order valence-corrected chi connectivity index (χ0v) is 13.1. The van der Waals surface area contributed by atoms with Gasteiger partial charge in [0.2, 0.25) is 5.78 Å². The lowest BCUT2D eigenvalue weighted by atomic mass is 10.1. The summed E-state index contributed by atoms with van der Waals surface area (Å²) in [5, 5.41) is 0. The van der Waals surface area contributed by atoms with E-state index >= 15 is 0 Å². The van der Waals surface area contributed by atoms with Crippen LogP contribution in [-0.4, -0.2) is 15.2 Å². The number of hydrogen-bond acceptors (Lipinski definition) is 2. The van der Waals surface area contributed by atoms with Crippen LogP contribution in [0.3, 0.4) is 0 Å². The van der Waals surface area contributed by atoms with Gasteiger partial charge in [0, 0.05) is 11.8 Å². The Kier molecular flexibility index (Phi) is 3.01. The van der Waals surface area contributed by atoms with Crippen LogP contribution < -0.4 is 0 Å². The van der Waals surface area contributed by atoms with Crippen LogP contribution in [0, 0.1) is 13.8 Å². The number of benzene rings is 2. The summed E-state index contributed by atoms with van der Waals surface area (Å²) < 4.78 is 2.05. The number of hydrogen-bond donors (Lipinski definition) is 0. The van der Waals surface area contributed by atoms with Crippen LogP contribution in [0.25, 0.3) is 16.6 Å². The van der Waals surface area contributed by atoms with E-state index in [4.69, 9.17) is 0 Å². The standard InChI is InChI=1S/C20H16N2O/c1-13-11-16-18(12-14(13)2)22-10-6-9-17(22)19(21-16)20(23)15-7-4-3-5-8-15/h3-12H,1-2H3. The van der Waals surface area contributed by atoms with Crippen molar-refractivity contribution < 1.29 is 4.79 Å². The van der Waals surface area contributed by atoms with E-state index in [1.54, 1.807) is 0 Å². The predicted molar refractivity (Wildman–Crippen MR) is 92.0 cm³/mol. The van der Waals surface area contributed by atoms with Gasteiger partial charge in [0.1, 0.15) is 5.69 Å². The highest BCUT2D eigenvalue weighted by Gasteiger charge is 2.17. The molecule has 0 N–H and O–H groups in total. The fourth-order valence-corrected chi connectivity index (χ4v) is 2.92. The fourth-order valence-electron chi connectivity index (χ4n) is 2.92. The van der Waals surface area contributed by atoms with Gasteiger partial charge in [0.15, 0.2) is 0 Å². The van der Waals surface area contributed by atoms with Crippen LogP contribution in [0.4, 0.5) is 0 Å². The van der Waals surface area contributed by atoms with E-state index in [-0.39, 0.29) is 5.78 Å². The number of carbonyl (C=O) groups excluding carboxylic acids is 1. The molecule has 2 aromatic carbocycles. The fraction of sp³-hybridized carbons (Fsp3) is 0.100. The number of ketones is 1. The maximum Gasteiger partial charge on any atom is 0.213 e. The second kappa shape index (κ2) is 5.06. The Labute approximate surface area is 134 Å². The molecule has 0 spiro atoms. The molecular formula is C20H16N2O. The van der Waals surface area contributed by atoms with Crippen molar-refractivity contribution in [1.82, 2.24) is 9.38 Å². The third kappa shape index (κ3) is 2.13. The number of aryl methyl sites for hydroxylation is 2. The van der Waals surface area contributed by atoms with E-state index in [0.29, 0.717) is 11.3 Å². The predicted octanol–water partition coefficient (Wildman–Crippen LogP) is 4.34. The molecule has 4 aromatic rings. The van der Waals surface area contributed by atoms with Gasteiger partial charge in [-0.15, -0.1) is 0 Å². The molecule has 0 unspecified atom stereocenters. The molecule has 0 amide bonds. The van der Waals surface area contributed by atoms with Gasteiger partial charge in [0.25, 0.3) is 0 Å². The maximum absolute atomic E-state index is 12.9. The van der Waals surface area contributed by atoms with Gasteiger partial charge in [-0.25, -0.2) is 4.98 Å². The van der Waals surface area contributed by atoms with Gasteiger partial charge < -0.3 is 4.40 Å². The molecule has 0 aliphatic heterocycles. The first-order valence-corrected chi connectivity index (χ1v) is 7.63. The average Bonchev–Trinajstić information content (AvgIpc) is 3.05. The monoisotopic (exact) mass is 300 g/mol. The van der Waals surface area contributed by atoms with Crippen LogP contribution in [0.5, 0.6) is 0 Å². The van der Waals surface area contributed by atoms with Crippen LogP contribution >= 0.6 is 0 Å². The third-order valence-electron chi connectivity index (χ3n) is 4.33. The van der Waals surface area contributed by atoms with Gasteiger partial charge in [-0.1, -0.05) is 30.3 Å². The highest BCUT2D eigenvalue weighted by Crippen LogP contribution is 2.23. The average molecular weight is 300 g/mol. The van der Waals surface area contributed by atoms with E-state index in [2.05, 4.69) is 24.9 Å². The number of nitrogens with zero attached hydrogens (tertiary/aromatic N) is 2. The largest absolute Gasteiger partial charge is 0.313 e. The van der Waals surface area contributed by atoms with Crippen molar-refractivity contribution in [2.75, 3.05) is 0 Å². The Balaban J connectivity index is 2.04. The van der Waals surface area contributed by atoms with Crippen molar-refractivity contribution in [2.45, 2.75) is 13.8 Å². The van der Waals surface area contributed by atoms with E-state index in [9.17, 15) is 4.79 Å². The van der Waals surface area contributed by atoms with Gasteiger partial charge in [-0.3, -0.25) is 4.79 Å². The first-order chi connectivity index (χ1) is 11.1. The minimum absolute atomic E-state index is 0.0468. The van der Waals surface area contributed by atoms with Crippen molar-refractivity contribution >= 4 is 22.3 Å². The number of rotatable bonds is 2. The van der Waals surface area contributed by atoms with Crippen molar-refractivity contribution in [1.29, 1.82) is 0 Å². The third-order valence-corrected chi connectivity index (χ3v) is 4.33. The van der Waals surface area contributed by atoms with E-state index in [1.807, 2.05) is 59.1 Å². The Bertz CT molecular complexity index is 1050. The summed E-state index contributed by atoms with van der Waals surface area (Å²) in [6, 6.07) is 17.4. The molecule has 0 saturated heterocycles. The molecule has 0 aliphatic rings. The normalized spacial score (nSPS) is 11.2. The summed E-state index contributed by atoms with van der Waals surface area (Å²) in [7, 11) is 0. The van der Waals surface area contributed by atoms with Gasteiger partial charge in [0.05, 0.1) is 16.6 Å². The molecule has 2 heterocycles. The molecule has 0 bridgehead atoms. The number of aromatic nitrogens is 2. The highest BCUT2D eigenvalue weighted by atomic mass is 16.1. The molecule has 0 saturated carbocycles. The van der Waals surface area contributed by atoms with Crippen LogP contribution in [0.2, 0.25) is 0 Å². The summed E-state index contributed by atoms with van der Waals surface area (Å²) in [5.74, 6) is -0.0468. The molecule has 0 aliphatic carbocycles. The Morgan fingerprint density at radius 1 is 0.913 bits per heavy atom. The van der Waals surface area contributed by atoms with Gasteiger partial charge >= 0.3 is 0 Å². The smallest absolute Gasteiger partial charge is 0.213 e. The molecule has 23 heavy (non-hydrogen) atoms. The molecule has 0 fully saturated rings. The number of carbonyl (C=O) groups is 1. The summed E-state index contributed by atoms with van der Waals surface area (Å²) in [5.41, 5.74) is 6.26. The Hall–Kier alpha value is -2.94. The van der Waals surface area contributed by atoms with Crippen LogP contribution in [0.1, 0.15) is 27.2 Å². The summed E-state index contributed by atoms with van der Waals surface area (Å²) in [4.78, 5) is 17.6. The first-order valence-electron chi connectivity index (χ1n) is 7.63. The summed E-state index contributed by atoms with van der Waals surface area (Å²) >= 11 is 0. The topological polar surface area (TPSA) is 34.4 Å². The number of fused-ring (bicyclic) bond motifs is 3. The molecule has 0 atom stereocenters. The second-order valence-corrected chi connectivity index (χ2v) is 5.84. The van der Waals surface area contributed by atoms with Crippen molar-refractivity contribution in [3.63, 3.8) is 0 Å². The minimum atomic E-state index is -0.0468. The summed E-state index contributed by atoms with van der Waals surface area (Å²) in [6.45, 7) is 4.15. The summed E-state index contributed by atoms with van der Waals surface area (Å²) in [6.07, 6.45) is 1.98.